The minimum absolute atomic E-state index is 0.304. The average molecular weight is 352 g/mol. The zero-order valence-corrected chi connectivity index (χ0v) is 15.4. The normalized spacial score (nSPS) is 22.4. The fourth-order valence-electron chi connectivity index (χ4n) is 4.76. The Balaban J connectivity index is 1.19. The van der Waals surface area contributed by atoms with Crippen LogP contribution in [0.4, 0.5) is 0 Å². The number of piperazine rings is 1. The van der Waals surface area contributed by atoms with E-state index < -0.39 is 0 Å². The van der Waals surface area contributed by atoms with Gasteiger partial charge in [0.1, 0.15) is 0 Å². The van der Waals surface area contributed by atoms with Gasteiger partial charge in [0, 0.05) is 61.9 Å². The van der Waals surface area contributed by atoms with Crippen molar-refractivity contribution >= 4 is 16.8 Å². The van der Waals surface area contributed by atoms with Crippen LogP contribution in [0.5, 0.6) is 0 Å². The molecule has 5 rings (SSSR count). The molecule has 1 saturated heterocycles. The van der Waals surface area contributed by atoms with Gasteiger partial charge in [0.15, 0.2) is 0 Å². The van der Waals surface area contributed by atoms with E-state index in [0.29, 0.717) is 12.5 Å². The van der Waals surface area contributed by atoms with Gasteiger partial charge in [0.2, 0.25) is 5.91 Å². The number of hydrogen-bond donors (Lipinski definition) is 1. The van der Waals surface area contributed by atoms with E-state index in [9.17, 15) is 4.79 Å². The van der Waals surface area contributed by atoms with Gasteiger partial charge in [0.25, 0.3) is 0 Å². The van der Waals surface area contributed by atoms with E-state index in [-0.39, 0.29) is 0 Å². The molecule has 1 amide bonds. The van der Waals surface area contributed by atoms with Crippen molar-refractivity contribution in [2.24, 2.45) is 0 Å². The summed E-state index contributed by atoms with van der Waals surface area (Å²) in [6.45, 7) is 6.31. The first-order valence-electron chi connectivity index (χ1n) is 10.1. The quantitative estimate of drug-likeness (QED) is 0.921. The van der Waals surface area contributed by atoms with Gasteiger partial charge >= 0.3 is 0 Å². The topological polar surface area (TPSA) is 42.6 Å². The molecule has 0 unspecified atom stereocenters. The van der Waals surface area contributed by atoms with E-state index in [1.807, 2.05) is 0 Å². The third-order valence-electron chi connectivity index (χ3n) is 6.58. The molecule has 1 saturated carbocycles. The summed E-state index contributed by atoms with van der Waals surface area (Å²) in [5.41, 5.74) is 3.95. The minimum Gasteiger partial charge on any atom is -0.357 e. The number of nitrogens with zero attached hydrogens (tertiary/aromatic N) is 3. The van der Waals surface area contributed by atoms with Gasteiger partial charge in [-0.25, -0.2) is 0 Å². The molecule has 2 aromatic rings. The monoisotopic (exact) mass is 352 g/mol. The smallest absolute Gasteiger partial charge is 0.236 e. The lowest BCUT2D eigenvalue weighted by atomic mass is 9.91. The van der Waals surface area contributed by atoms with Gasteiger partial charge in [0.05, 0.1) is 6.54 Å². The highest BCUT2D eigenvalue weighted by Gasteiger charge is 2.30. The maximum Gasteiger partial charge on any atom is 0.236 e. The molecule has 1 aromatic heterocycles. The number of amides is 1. The number of fused-ring (bicyclic) bond motifs is 3. The SMILES string of the molecule is O=C(CN1CCc2c([nH]c3ccccc23)C1)N1CCN(C2CCC2)CC1. The molecule has 2 fully saturated rings. The zero-order chi connectivity index (χ0) is 17.5. The van der Waals surface area contributed by atoms with Crippen LogP contribution in [0, 0.1) is 0 Å². The summed E-state index contributed by atoms with van der Waals surface area (Å²) in [5, 5.41) is 1.35. The van der Waals surface area contributed by atoms with Gasteiger partial charge in [-0.3, -0.25) is 14.6 Å². The lowest BCUT2D eigenvalue weighted by Crippen LogP contribution is -2.55. The molecule has 0 bridgehead atoms. The molecular weight excluding hydrogens is 324 g/mol. The molecule has 5 nitrogen and oxygen atoms in total. The Hall–Kier alpha value is -1.85. The zero-order valence-electron chi connectivity index (χ0n) is 15.4. The fourth-order valence-corrected chi connectivity index (χ4v) is 4.76. The van der Waals surface area contributed by atoms with Gasteiger partial charge in [-0.15, -0.1) is 0 Å². The number of carbonyl (C=O) groups is 1. The molecule has 26 heavy (non-hydrogen) atoms. The molecule has 0 atom stereocenters. The number of hydrogen-bond acceptors (Lipinski definition) is 3. The highest BCUT2D eigenvalue weighted by molar-refractivity contribution is 5.85. The van der Waals surface area contributed by atoms with Gasteiger partial charge in [-0.2, -0.15) is 0 Å². The van der Waals surface area contributed by atoms with E-state index in [4.69, 9.17) is 0 Å². The van der Waals surface area contributed by atoms with Crippen molar-refractivity contribution in [2.45, 2.75) is 38.3 Å². The molecule has 138 valence electrons. The maximum atomic E-state index is 12.8. The predicted octanol–water partition coefficient (Wildman–Crippen LogP) is 2.22. The summed E-state index contributed by atoms with van der Waals surface area (Å²) >= 11 is 0. The molecule has 2 aliphatic heterocycles. The molecule has 1 N–H and O–H groups in total. The molecule has 1 aliphatic carbocycles. The van der Waals surface area contributed by atoms with Gasteiger partial charge in [-0.05, 0) is 30.9 Å². The summed E-state index contributed by atoms with van der Waals surface area (Å²) < 4.78 is 0. The number of para-hydroxylation sites is 1. The largest absolute Gasteiger partial charge is 0.357 e. The predicted molar refractivity (Wildman–Crippen MR) is 103 cm³/mol. The molecule has 0 spiro atoms. The second-order valence-corrected chi connectivity index (χ2v) is 8.09. The van der Waals surface area contributed by atoms with Crippen LogP contribution in [0.3, 0.4) is 0 Å². The molecule has 3 aliphatic rings. The van der Waals surface area contributed by atoms with Crippen LogP contribution < -0.4 is 0 Å². The summed E-state index contributed by atoms with van der Waals surface area (Å²) in [4.78, 5) is 23.3. The van der Waals surface area contributed by atoms with E-state index >= 15 is 0 Å². The van der Waals surface area contributed by atoms with E-state index in [2.05, 4.69) is 43.9 Å². The van der Waals surface area contributed by atoms with Crippen molar-refractivity contribution < 1.29 is 4.79 Å². The Morgan fingerprint density at radius 2 is 1.88 bits per heavy atom. The lowest BCUT2D eigenvalue weighted by molar-refractivity contribution is -0.135. The Bertz CT molecular complexity index is 801. The van der Waals surface area contributed by atoms with Crippen LogP contribution in [0.15, 0.2) is 24.3 Å². The number of nitrogens with one attached hydrogen (secondary N) is 1. The second-order valence-electron chi connectivity index (χ2n) is 8.09. The summed E-state index contributed by atoms with van der Waals surface area (Å²) in [6, 6.07) is 9.33. The molecule has 0 radical (unpaired) electrons. The number of aromatic amines is 1. The Morgan fingerprint density at radius 3 is 2.65 bits per heavy atom. The van der Waals surface area contributed by atoms with Crippen molar-refractivity contribution in [3.05, 3.63) is 35.5 Å². The average Bonchev–Trinajstić information content (AvgIpc) is 2.98. The first-order valence-corrected chi connectivity index (χ1v) is 10.1. The van der Waals surface area contributed by atoms with Crippen LogP contribution in [0.25, 0.3) is 10.9 Å². The number of aromatic nitrogens is 1. The van der Waals surface area contributed by atoms with Gasteiger partial charge < -0.3 is 9.88 Å². The Kier molecular flexibility index (Phi) is 4.21. The third kappa shape index (κ3) is 2.93. The van der Waals surface area contributed by atoms with E-state index in [1.165, 1.54) is 41.4 Å². The standard InChI is InChI=1S/C21H28N4O/c26-21(25-12-10-24(11-13-25)16-4-3-5-16)15-23-9-8-18-17-6-1-2-7-19(17)22-20(18)14-23/h1-2,6-7,16,22H,3-5,8-15H2. The Morgan fingerprint density at radius 1 is 1.08 bits per heavy atom. The van der Waals surface area contributed by atoms with Crippen LogP contribution >= 0.6 is 0 Å². The van der Waals surface area contributed by atoms with Crippen molar-refractivity contribution in [3.63, 3.8) is 0 Å². The summed E-state index contributed by atoms with van der Waals surface area (Å²) in [7, 11) is 0. The first-order chi connectivity index (χ1) is 12.8. The van der Waals surface area contributed by atoms with Crippen LogP contribution in [-0.4, -0.2) is 70.9 Å². The van der Waals surface area contributed by atoms with Crippen LogP contribution in [0.1, 0.15) is 30.5 Å². The summed E-state index contributed by atoms with van der Waals surface area (Å²) in [6.07, 6.45) is 5.12. The van der Waals surface area contributed by atoms with Crippen molar-refractivity contribution in [2.75, 3.05) is 39.3 Å². The minimum atomic E-state index is 0.304. The maximum absolute atomic E-state index is 12.8. The second kappa shape index (κ2) is 6.71. The van der Waals surface area contributed by atoms with Gasteiger partial charge in [-0.1, -0.05) is 24.6 Å². The molecule has 3 heterocycles. The third-order valence-corrected chi connectivity index (χ3v) is 6.58. The molecule has 5 heteroatoms. The van der Waals surface area contributed by atoms with E-state index in [0.717, 1.165) is 51.7 Å². The fraction of sp³-hybridized carbons (Fsp3) is 0.571. The first kappa shape index (κ1) is 16.3. The highest BCUT2D eigenvalue weighted by Crippen LogP contribution is 2.28. The van der Waals surface area contributed by atoms with Crippen molar-refractivity contribution in [1.29, 1.82) is 0 Å². The van der Waals surface area contributed by atoms with Crippen LogP contribution in [0.2, 0.25) is 0 Å². The summed E-state index contributed by atoms with van der Waals surface area (Å²) in [5.74, 6) is 0.304. The number of rotatable bonds is 3. The van der Waals surface area contributed by atoms with E-state index in [1.54, 1.807) is 0 Å². The number of carbonyl (C=O) groups excluding carboxylic acids is 1. The van der Waals surface area contributed by atoms with Crippen molar-refractivity contribution in [3.8, 4) is 0 Å². The lowest BCUT2D eigenvalue weighted by Gasteiger charge is -2.43. The number of benzene rings is 1. The molecular formula is C21H28N4O. The molecule has 1 aromatic carbocycles. The Labute approximate surface area is 154 Å². The number of H-pyrrole nitrogens is 1. The van der Waals surface area contributed by atoms with Crippen LogP contribution in [-0.2, 0) is 17.8 Å². The highest BCUT2D eigenvalue weighted by atomic mass is 16.2. The van der Waals surface area contributed by atoms with Crippen molar-refractivity contribution in [1.82, 2.24) is 19.7 Å².